The SMILES string of the molecule is CCCCc1ccc2nc(NC(=O)COc3ccc(C(C)C)cc3)sc2c1. The number of rotatable bonds is 8. The number of ether oxygens (including phenoxy) is 1. The summed E-state index contributed by atoms with van der Waals surface area (Å²) in [6.07, 6.45) is 3.45. The molecule has 27 heavy (non-hydrogen) atoms. The zero-order valence-electron chi connectivity index (χ0n) is 16.1. The number of nitrogens with one attached hydrogen (secondary N) is 1. The van der Waals surface area contributed by atoms with Gasteiger partial charge in [0.1, 0.15) is 5.75 Å². The topological polar surface area (TPSA) is 51.2 Å². The molecule has 5 heteroatoms. The van der Waals surface area contributed by atoms with E-state index in [1.807, 2.05) is 30.3 Å². The van der Waals surface area contributed by atoms with E-state index in [2.05, 4.69) is 43.2 Å². The fourth-order valence-corrected chi connectivity index (χ4v) is 3.76. The number of hydrogen-bond acceptors (Lipinski definition) is 4. The third-order valence-corrected chi connectivity index (χ3v) is 5.37. The zero-order valence-corrected chi connectivity index (χ0v) is 16.9. The number of fused-ring (bicyclic) bond motifs is 1. The van der Waals surface area contributed by atoms with Gasteiger partial charge in [-0.3, -0.25) is 10.1 Å². The van der Waals surface area contributed by atoms with Crippen molar-refractivity contribution in [1.29, 1.82) is 0 Å². The van der Waals surface area contributed by atoms with Crippen LogP contribution in [0.2, 0.25) is 0 Å². The number of carbonyl (C=O) groups excluding carboxylic acids is 1. The normalized spacial score (nSPS) is 11.1. The number of unbranched alkanes of at least 4 members (excludes halogenated alkanes) is 1. The average Bonchev–Trinajstić information content (AvgIpc) is 3.06. The summed E-state index contributed by atoms with van der Waals surface area (Å²) in [4.78, 5) is 16.7. The highest BCUT2D eigenvalue weighted by Gasteiger charge is 2.09. The van der Waals surface area contributed by atoms with Gasteiger partial charge in [-0.25, -0.2) is 4.98 Å². The van der Waals surface area contributed by atoms with Gasteiger partial charge in [-0.1, -0.05) is 56.7 Å². The molecule has 4 nitrogen and oxygen atoms in total. The van der Waals surface area contributed by atoms with Gasteiger partial charge in [0.05, 0.1) is 10.2 Å². The molecule has 0 saturated heterocycles. The van der Waals surface area contributed by atoms with Crippen LogP contribution in [-0.2, 0) is 11.2 Å². The Morgan fingerprint density at radius 2 is 1.96 bits per heavy atom. The van der Waals surface area contributed by atoms with E-state index < -0.39 is 0 Å². The molecule has 0 bridgehead atoms. The number of amides is 1. The monoisotopic (exact) mass is 382 g/mol. The number of benzene rings is 2. The molecule has 0 atom stereocenters. The second-order valence-electron chi connectivity index (χ2n) is 6.99. The molecule has 1 amide bonds. The summed E-state index contributed by atoms with van der Waals surface area (Å²) in [6.45, 7) is 6.46. The van der Waals surface area contributed by atoms with Crippen LogP contribution < -0.4 is 10.1 Å². The summed E-state index contributed by atoms with van der Waals surface area (Å²) in [6, 6.07) is 14.2. The molecule has 0 aliphatic carbocycles. The van der Waals surface area contributed by atoms with Crippen molar-refractivity contribution in [2.75, 3.05) is 11.9 Å². The Labute approximate surface area is 164 Å². The van der Waals surface area contributed by atoms with Gasteiger partial charge in [-0.05, 0) is 54.2 Å². The van der Waals surface area contributed by atoms with Crippen LogP contribution in [0.5, 0.6) is 5.75 Å². The number of aryl methyl sites for hydroxylation is 1. The summed E-state index contributed by atoms with van der Waals surface area (Å²) in [7, 11) is 0. The van der Waals surface area contributed by atoms with E-state index in [-0.39, 0.29) is 12.5 Å². The molecule has 0 unspecified atom stereocenters. The van der Waals surface area contributed by atoms with Gasteiger partial charge in [-0.2, -0.15) is 0 Å². The smallest absolute Gasteiger partial charge is 0.264 e. The van der Waals surface area contributed by atoms with Crippen LogP contribution in [0.3, 0.4) is 0 Å². The maximum Gasteiger partial charge on any atom is 0.264 e. The van der Waals surface area contributed by atoms with E-state index in [1.54, 1.807) is 0 Å². The Morgan fingerprint density at radius 3 is 2.67 bits per heavy atom. The predicted octanol–water partition coefficient (Wildman–Crippen LogP) is 5.78. The first kappa shape index (κ1) is 19.4. The molecule has 0 aliphatic rings. The van der Waals surface area contributed by atoms with Crippen LogP contribution in [0.1, 0.15) is 50.7 Å². The van der Waals surface area contributed by atoms with Crippen LogP contribution in [0, 0.1) is 0 Å². The Kier molecular flexibility index (Phi) is 6.45. The number of nitrogens with zero attached hydrogens (tertiary/aromatic N) is 1. The molecule has 0 aliphatic heterocycles. The first-order valence-corrected chi connectivity index (χ1v) is 10.3. The Morgan fingerprint density at radius 1 is 1.19 bits per heavy atom. The Hall–Kier alpha value is -2.40. The largest absolute Gasteiger partial charge is 0.484 e. The van der Waals surface area contributed by atoms with Crippen molar-refractivity contribution >= 4 is 32.6 Å². The minimum Gasteiger partial charge on any atom is -0.484 e. The molecule has 1 heterocycles. The lowest BCUT2D eigenvalue weighted by atomic mass is 10.0. The van der Waals surface area contributed by atoms with E-state index >= 15 is 0 Å². The fraction of sp³-hybridized carbons (Fsp3) is 0.364. The summed E-state index contributed by atoms with van der Waals surface area (Å²) in [5.41, 5.74) is 3.49. The highest BCUT2D eigenvalue weighted by Crippen LogP contribution is 2.27. The first-order valence-electron chi connectivity index (χ1n) is 9.47. The molecular formula is C22H26N2O2S. The third kappa shape index (κ3) is 5.30. The molecule has 142 valence electrons. The summed E-state index contributed by atoms with van der Waals surface area (Å²) in [5.74, 6) is 0.969. The highest BCUT2D eigenvalue weighted by atomic mass is 32.1. The van der Waals surface area contributed by atoms with Gasteiger partial charge in [0.2, 0.25) is 0 Å². The van der Waals surface area contributed by atoms with Gasteiger partial charge in [0, 0.05) is 0 Å². The van der Waals surface area contributed by atoms with Crippen LogP contribution in [0.4, 0.5) is 5.13 Å². The number of carbonyl (C=O) groups is 1. The molecule has 0 spiro atoms. The maximum absolute atomic E-state index is 12.2. The van der Waals surface area contributed by atoms with Gasteiger partial charge < -0.3 is 4.74 Å². The van der Waals surface area contributed by atoms with Crippen LogP contribution in [0.25, 0.3) is 10.2 Å². The lowest BCUT2D eigenvalue weighted by Crippen LogP contribution is -2.20. The summed E-state index contributed by atoms with van der Waals surface area (Å²) >= 11 is 1.50. The first-order chi connectivity index (χ1) is 13.0. The second kappa shape index (κ2) is 9.00. The minimum atomic E-state index is -0.201. The van der Waals surface area contributed by atoms with E-state index in [1.165, 1.54) is 35.3 Å². The van der Waals surface area contributed by atoms with Gasteiger partial charge in [0.25, 0.3) is 5.91 Å². The highest BCUT2D eigenvalue weighted by molar-refractivity contribution is 7.22. The molecule has 3 rings (SSSR count). The molecule has 0 saturated carbocycles. The van der Waals surface area contributed by atoms with Gasteiger partial charge in [-0.15, -0.1) is 0 Å². The molecule has 0 fully saturated rings. The van der Waals surface area contributed by atoms with Crippen LogP contribution in [0.15, 0.2) is 42.5 Å². The standard InChI is InChI=1S/C22H26N2O2S/c1-4-5-6-16-7-12-19-20(13-16)27-22(23-19)24-21(25)14-26-18-10-8-17(9-11-18)15(2)3/h7-13,15H,4-6,14H2,1-3H3,(H,23,24,25). The number of hydrogen-bond donors (Lipinski definition) is 1. The number of aromatic nitrogens is 1. The molecular weight excluding hydrogens is 356 g/mol. The van der Waals surface area contributed by atoms with Crippen molar-refractivity contribution in [2.45, 2.75) is 46.0 Å². The van der Waals surface area contributed by atoms with Crippen molar-refractivity contribution in [3.05, 3.63) is 53.6 Å². The van der Waals surface area contributed by atoms with E-state index in [0.717, 1.165) is 16.6 Å². The quantitative estimate of drug-likeness (QED) is 0.537. The second-order valence-corrected chi connectivity index (χ2v) is 8.02. The molecule has 1 N–H and O–H groups in total. The summed E-state index contributed by atoms with van der Waals surface area (Å²) in [5, 5.41) is 3.45. The minimum absolute atomic E-state index is 0.0291. The van der Waals surface area contributed by atoms with E-state index in [9.17, 15) is 4.79 Å². The number of thiazole rings is 1. The maximum atomic E-state index is 12.2. The van der Waals surface area contributed by atoms with Crippen LogP contribution in [-0.4, -0.2) is 17.5 Å². The molecule has 3 aromatic rings. The van der Waals surface area contributed by atoms with Crippen molar-refractivity contribution in [2.24, 2.45) is 0 Å². The van der Waals surface area contributed by atoms with Gasteiger partial charge >= 0.3 is 0 Å². The Balaban J connectivity index is 1.57. The van der Waals surface area contributed by atoms with E-state index in [4.69, 9.17) is 4.74 Å². The Bertz CT molecular complexity index is 900. The van der Waals surface area contributed by atoms with Gasteiger partial charge in [0.15, 0.2) is 11.7 Å². The third-order valence-electron chi connectivity index (χ3n) is 4.43. The van der Waals surface area contributed by atoms with Crippen molar-refractivity contribution in [1.82, 2.24) is 4.98 Å². The fourth-order valence-electron chi connectivity index (χ4n) is 2.81. The number of anilines is 1. The van der Waals surface area contributed by atoms with Crippen molar-refractivity contribution in [3.8, 4) is 5.75 Å². The van der Waals surface area contributed by atoms with Crippen LogP contribution >= 0.6 is 11.3 Å². The van der Waals surface area contributed by atoms with E-state index in [0.29, 0.717) is 16.8 Å². The zero-order chi connectivity index (χ0) is 19.2. The predicted molar refractivity (Wildman–Crippen MR) is 113 cm³/mol. The molecule has 0 radical (unpaired) electrons. The average molecular weight is 383 g/mol. The summed E-state index contributed by atoms with van der Waals surface area (Å²) < 4.78 is 6.68. The lowest BCUT2D eigenvalue weighted by molar-refractivity contribution is -0.118. The van der Waals surface area contributed by atoms with Crippen molar-refractivity contribution < 1.29 is 9.53 Å². The van der Waals surface area contributed by atoms with Crippen molar-refractivity contribution in [3.63, 3.8) is 0 Å². The molecule has 1 aromatic heterocycles. The molecule has 2 aromatic carbocycles. The lowest BCUT2D eigenvalue weighted by Gasteiger charge is -2.08.